The van der Waals surface area contributed by atoms with Gasteiger partial charge in [0.2, 0.25) is 0 Å². The summed E-state index contributed by atoms with van der Waals surface area (Å²) in [6, 6.07) is 14.0. The molecular formula is C16H14ClFN4. The van der Waals surface area contributed by atoms with Crippen LogP contribution in [0.2, 0.25) is 5.02 Å². The van der Waals surface area contributed by atoms with Gasteiger partial charge in [-0.05, 0) is 29.3 Å². The maximum atomic E-state index is 13.4. The first-order valence-corrected chi connectivity index (χ1v) is 7.19. The topological polar surface area (TPSA) is 53.6 Å². The summed E-state index contributed by atoms with van der Waals surface area (Å²) in [5, 5.41) is 10.6. The summed E-state index contributed by atoms with van der Waals surface area (Å²) in [4.78, 5) is 4.21. The first kappa shape index (κ1) is 14.7. The highest BCUT2D eigenvalue weighted by atomic mass is 35.5. The summed E-state index contributed by atoms with van der Waals surface area (Å²) in [5.74, 6) is 0.385. The molecule has 0 amide bonds. The van der Waals surface area contributed by atoms with Crippen molar-refractivity contribution in [2.75, 3.05) is 0 Å². The molecule has 0 aliphatic rings. The largest absolute Gasteiger partial charge is 0.299 e. The van der Waals surface area contributed by atoms with Gasteiger partial charge in [0.25, 0.3) is 0 Å². The number of aromatic amines is 1. The van der Waals surface area contributed by atoms with E-state index in [1.165, 1.54) is 18.5 Å². The van der Waals surface area contributed by atoms with Crippen molar-refractivity contribution in [3.05, 3.63) is 82.6 Å². The Labute approximate surface area is 132 Å². The fourth-order valence-electron chi connectivity index (χ4n) is 2.26. The third-order valence-corrected chi connectivity index (χ3v) is 3.71. The van der Waals surface area contributed by atoms with Crippen LogP contribution in [-0.4, -0.2) is 15.2 Å². The number of nitrogens with zero attached hydrogens (tertiary/aromatic N) is 2. The Hall–Kier alpha value is -2.24. The molecule has 0 spiro atoms. The zero-order chi connectivity index (χ0) is 15.4. The zero-order valence-electron chi connectivity index (χ0n) is 11.6. The maximum absolute atomic E-state index is 13.4. The number of rotatable bonds is 5. The molecule has 2 aromatic carbocycles. The lowest BCUT2D eigenvalue weighted by Crippen LogP contribution is -2.23. The predicted molar refractivity (Wildman–Crippen MR) is 82.9 cm³/mol. The van der Waals surface area contributed by atoms with Gasteiger partial charge >= 0.3 is 0 Å². The Kier molecular flexibility index (Phi) is 4.46. The Balaban J connectivity index is 1.84. The van der Waals surface area contributed by atoms with Crippen LogP contribution in [0.5, 0.6) is 0 Å². The van der Waals surface area contributed by atoms with Gasteiger partial charge in [-0.25, -0.2) is 9.37 Å². The Morgan fingerprint density at radius 1 is 1.18 bits per heavy atom. The molecular weight excluding hydrogens is 303 g/mol. The molecule has 0 saturated heterocycles. The molecule has 1 unspecified atom stereocenters. The molecule has 1 heterocycles. The monoisotopic (exact) mass is 316 g/mol. The normalized spacial score (nSPS) is 12.3. The van der Waals surface area contributed by atoms with Gasteiger partial charge in [0.1, 0.15) is 18.0 Å². The second-order valence-electron chi connectivity index (χ2n) is 4.83. The van der Waals surface area contributed by atoms with E-state index >= 15 is 0 Å². The zero-order valence-corrected chi connectivity index (χ0v) is 12.4. The van der Waals surface area contributed by atoms with Crippen molar-refractivity contribution in [3.63, 3.8) is 0 Å². The summed E-state index contributed by atoms with van der Waals surface area (Å²) >= 11 is 6.11. The van der Waals surface area contributed by atoms with E-state index in [1.54, 1.807) is 6.07 Å². The lowest BCUT2D eigenvalue weighted by Gasteiger charge is -2.17. The van der Waals surface area contributed by atoms with Crippen LogP contribution < -0.4 is 5.32 Å². The van der Waals surface area contributed by atoms with Crippen LogP contribution in [-0.2, 0) is 6.54 Å². The van der Waals surface area contributed by atoms with Gasteiger partial charge in [-0.2, -0.15) is 5.10 Å². The molecule has 0 fully saturated rings. The van der Waals surface area contributed by atoms with Crippen molar-refractivity contribution in [1.29, 1.82) is 0 Å². The molecule has 22 heavy (non-hydrogen) atoms. The van der Waals surface area contributed by atoms with Gasteiger partial charge in [0, 0.05) is 11.6 Å². The molecule has 112 valence electrons. The Morgan fingerprint density at radius 2 is 2.00 bits per heavy atom. The molecule has 0 aliphatic carbocycles. The van der Waals surface area contributed by atoms with Gasteiger partial charge in [0.15, 0.2) is 0 Å². The van der Waals surface area contributed by atoms with Crippen molar-refractivity contribution in [2.45, 2.75) is 12.6 Å². The smallest absolute Gasteiger partial charge is 0.145 e. The summed E-state index contributed by atoms with van der Waals surface area (Å²) in [7, 11) is 0. The summed E-state index contributed by atoms with van der Waals surface area (Å²) < 4.78 is 13.4. The number of H-pyrrole nitrogens is 1. The fourth-order valence-corrected chi connectivity index (χ4v) is 2.45. The van der Waals surface area contributed by atoms with Crippen molar-refractivity contribution in [2.24, 2.45) is 0 Å². The first-order valence-electron chi connectivity index (χ1n) is 6.81. The van der Waals surface area contributed by atoms with Gasteiger partial charge < -0.3 is 0 Å². The minimum atomic E-state index is -0.308. The van der Waals surface area contributed by atoms with Crippen LogP contribution in [0, 0.1) is 5.82 Å². The number of halogens is 2. The minimum Gasteiger partial charge on any atom is -0.299 e. The highest BCUT2D eigenvalue weighted by molar-refractivity contribution is 6.31. The average molecular weight is 317 g/mol. The third-order valence-electron chi connectivity index (χ3n) is 3.34. The van der Waals surface area contributed by atoms with Crippen molar-refractivity contribution in [3.8, 4) is 0 Å². The summed E-state index contributed by atoms with van der Waals surface area (Å²) in [6.45, 7) is 0.414. The number of hydrogen-bond donors (Lipinski definition) is 2. The van der Waals surface area contributed by atoms with Crippen molar-refractivity contribution in [1.82, 2.24) is 20.5 Å². The van der Waals surface area contributed by atoms with Crippen molar-refractivity contribution >= 4 is 11.6 Å². The quantitative estimate of drug-likeness (QED) is 0.757. The highest BCUT2D eigenvalue weighted by Gasteiger charge is 2.16. The molecule has 0 saturated carbocycles. The summed E-state index contributed by atoms with van der Waals surface area (Å²) in [5.41, 5.74) is 1.73. The number of hydrogen-bond acceptors (Lipinski definition) is 3. The molecule has 4 nitrogen and oxygen atoms in total. The van der Waals surface area contributed by atoms with Crippen LogP contribution in [0.1, 0.15) is 23.0 Å². The average Bonchev–Trinajstić information content (AvgIpc) is 3.06. The van der Waals surface area contributed by atoms with Gasteiger partial charge in [-0.3, -0.25) is 10.4 Å². The predicted octanol–water partition coefficient (Wildman–Crippen LogP) is 3.48. The van der Waals surface area contributed by atoms with E-state index in [0.717, 1.165) is 5.56 Å². The molecule has 2 N–H and O–H groups in total. The molecule has 0 aliphatic heterocycles. The molecule has 6 heteroatoms. The van der Waals surface area contributed by atoms with Crippen LogP contribution >= 0.6 is 11.6 Å². The molecule has 3 rings (SSSR count). The number of benzene rings is 2. The highest BCUT2D eigenvalue weighted by Crippen LogP contribution is 2.21. The first-order chi connectivity index (χ1) is 10.7. The standard InChI is InChI=1S/C16H14ClFN4/c17-14-7-6-13(18)8-12(14)9-19-15(16-20-10-21-22-16)11-4-2-1-3-5-11/h1-8,10,15,19H,9H2,(H,20,21,22). The SMILES string of the molecule is Fc1ccc(Cl)c(CNC(c2ccccc2)c2ncn[nH]2)c1. The second kappa shape index (κ2) is 6.68. The lowest BCUT2D eigenvalue weighted by molar-refractivity contribution is 0.572. The molecule has 1 atom stereocenters. The van der Waals surface area contributed by atoms with E-state index in [9.17, 15) is 4.39 Å². The maximum Gasteiger partial charge on any atom is 0.145 e. The number of nitrogens with one attached hydrogen (secondary N) is 2. The van der Waals surface area contributed by atoms with Crippen LogP contribution in [0.25, 0.3) is 0 Å². The van der Waals surface area contributed by atoms with E-state index in [-0.39, 0.29) is 11.9 Å². The van der Waals surface area contributed by atoms with Crippen LogP contribution in [0.15, 0.2) is 54.9 Å². The van der Waals surface area contributed by atoms with Gasteiger partial charge in [-0.15, -0.1) is 0 Å². The van der Waals surface area contributed by atoms with E-state index in [1.807, 2.05) is 30.3 Å². The van der Waals surface area contributed by atoms with E-state index in [4.69, 9.17) is 11.6 Å². The van der Waals surface area contributed by atoms with Crippen molar-refractivity contribution < 1.29 is 4.39 Å². The third kappa shape index (κ3) is 3.32. The van der Waals surface area contributed by atoms with E-state index in [0.29, 0.717) is 23.0 Å². The Morgan fingerprint density at radius 3 is 2.73 bits per heavy atom. The Bertz CT molecular complexity index is 731. The molecule has 0 bridgehead atoms. The van der Waals surface area contributed by atoms with Crippen LogP contribution in [0.3, 0.4) is 0 Å². The fraction of sp³-hybridized carbons (Fsp3) is 0.125. The van der Waals surface area contributed by atoms with Crippen LogP contribution in [0.4, 0.5) is 4.39 Å². The molecule has 0 radical (unpaired) electrons. The van der Waals surface area contributed by atoms with E-state index in [2.05, 4.69) is 20.5 Å². The number of aromatic nitrogens is 3. The van der Waals surface area contributed by atoms with Gasteiger partial charge in [-0.1, -0.05) is 41.9 Å². The minimum absolute atomic E-state index is 0.178. The summed E-state index contributed by atoms with van der Waals surface area (Å²) in [6.07, 6.45) is 1.46. The lowest BCUT2D eigenvalue weighted by atomic mass is 10.1. The van der Waals surface area contributed by atoms with Gasteiger partial charge in [0.05, 0.1) is 6.04 Å². The second-order valence-corrected chi connectivity index (χ2v) is 5.24. The molecule has 3 aromatic rings. The molecule has 1 aromatic heterocycles. The van der Waals surface area contributed by atoms with E-state index < -0.39 is 0 Å².